The number of rotatable bonds is 4. The average Bonchev–Trinajstić information content (AvgIpc) is 3.30. The molecule has 2 N–H and O–H groups in total. The Morgan fingerprint density at radius 1 is 1.00 bits per heavy atom. The van der Waals surface area contributed by atoms with Gasteiger partial charge in [-0.05, 0) is 30.3 Å². The second-order valence-corrected chi connectivity index (χ2v) is 8.37. The average molecular weight is 466 g/mol. The summed E-state index contributed by atoms with van der Waals surface area (Å²) in [5.74, 6) is -0.793. The third-order valence-corrected chi connectivity index (χ3v) is 6.33. The molecule has 10 nitrogen and oxygen atoms in total. The number of aromatic hydroxyl groups is 1. The molecule has 2 aliphatic heterocycles. The number of H-pyrrole nitrogens is 1. The molecular weight excluding hydrogens is 438 g/mol. The van der Waals surface area contributed by atoms with Gasteiger partial charge in [0.2, 0.25) is 0 Å². The summed E-state index contributed by atoms with van der Waals surface area (Å²) in [5.41, 5.74) is 2.58. The van der Waals surface area contributed by atoms with Gasteiger partial charge in [-0.2, -0.15) is 5.10 Å². The summed E-state index contributed by atoms with van der Waals surface area (Å²) in [6.07, 6.45) is 0. The van der Waals surface area contributed by atoms with Crippen molar-refractivity contribution in [2.75, 3.05) is 69.5 Å². The lowest BCUT2D eigenvalue weighted by Crippen LogP contribution is -2.40. The zero-order chi connectivity index (χ0) is 23.7. The SMILES string of the molecule is CN(C(=O)c1cc2c(C(=O)N3CCOCC3)n[nH]c2cc1O)c1ccc(N2CCOCC2)cc1. The van der Waals surface area contributed by atoms with E-state index >= 15 is 0 Å². The summed E-state index contributed by atoms with van der Waals surface area (Å²) in [7, 11) is 1.66. The van der Waals surface area contributed by atoms with E-state index in [1.165, 1.54) is 17.0 Å². The summed E-state index contributed by atoms with van der Waals surface area (Å²) < 4.78 is 10.7. The van der Waals surface area contributed by atoms with Crippen molar-refractivity contribution in [3.05, 3.63) is 47.7 Å². The number of ether oxygens (including phenoxy) is 2. The summed E-state index contributed by atoms with van der Waals surface area (Å²) in [5, 5.41) is 18.0. The number of anilines is 2. The van der Waals surface area contributed by atoms with Gasteiger partial charge in [0.1, 0.15) is 5.75 Å². The topological polar surface area (TPSA) is 111 Å². The van der Waals surface area contributed by atoms with Crippen molar-refractivity contribution in [3.63, 3.8) is 0 Å². The van der Waals surface area contributed by atoms with Gasteiger partial charge in [0.05, 0.1) is 37.5 Å². The van der Waals surface area contributed by atoms with Crippen molar-refractivity contribution >= 4 is 34.1 Å². The Morgan fingerprint density at radius 3 is 2.32 bits per heavy atom. The highest BCUT2D eigenvalue weighted by atomic mass is 16.5. The standard InChI is InChI=1S/C24H27N5O5/c1-27(16-2-4-17(5-3-16)28-6-10-33-11-7-28)23(31)19-14-18-20(15-21(19)30)25-26-22(18)24(32)29-8-12-34-13-9-29/h2-5,14-15,30H,6-13H2,1H3,(H,25,26). The van der Waals surface area contributed by atoms with E-state index in [-0.39, 0.29) is 28.8 Å². The van der Waals surface area contributed by atoms with Crippen LogP contribution in [0.3, 0.4) is 0 Å². The lowest BCUT2D eigenvalue weighted by atomic mass is 10.1. The van der Waals surface area contributed by atoms with Crippen LogP contribution >= 0.6 is 0 Å². The van der Waals surface area contributed by atoms with Gasteiger partial charge in [-0.1, -0.05) is 0 Å². The monoisotopic (exact) mass is 465 g/mol. The highest BCUT2D eigenvalue weighted by molar-refractivity contribution is 6.12. The largest absolute Gasteiger partial charge is 0.507 e. The highest BCUT2D eigenvalue weighted by Gasteiger charge is 2.25. The van der Waals surface area contributed by atoms with Gasteiger partial charge in [0.25, 0.3) is 11.8 Å². The van der Waals surface area contributed by atoms with Crippen LogP contribution in [0.1, 0.15) is 20.8 Å². The van der Waals surface area contributed by atoms with E-state index in [1.54, 1.807) is 11.9 Å². The van der Waals surface area contributed by atoms with Crippen molar-refractivity contribution in [2.45, 2.75) is 0 Å². The number of nitrogens with zero attached hydrogens (tertiary/aromatic N) is 4. The summed E-state index contributed by atoms with van der Waals surface area (Å²) >= 11 is 0. The van der Waals surface area contributed by atoms with Gasteiger partial charge in [0, 0.05) is 56.1 Å². The minimum Gasteiger partial charge on any atom is -0.507 e. The van der Waals surface area contributed by atoms with Crippen LogP contribution in [0.4, 0.5) is 11.4 Å². The van der Waals surface area contributed by atoms with Gasteiger partial charge >= 0.3 is 0 Å². The number of aromatic amines is 1. The second kappa shape index (κ2) is 9.32. The first kappa shape index (κ1) is 22.2. The van der Waals surface area contributed by atoms with Gasteiger partial charge in [-0.3, -0.25) is 14.7 Å². The summed E-state index contributed by atoms with van der Waals surface area (Å²) in [6, 6.07) is 10.7. The zero-order valence-electron chi connectivity index (χ0n) is 19.0. The van der Waals surface area contributed by atoms with E-state index in [0.717, 1.165) is 18.8 Å². The first-order valence-electron chi connectivity index (χ1n) is 11.3. The van der Waals surface area contributed by atoms with Crippen molar-refractivity contribution in [2.24, 2.45) is 0 Å². The number of aromatic nitrogens is 2. The fraction of sp³-hybridized carbons (Fsp3) is 0.375. The Morgan fingerprint density at radius 2 is 1.65 bits per heavy atom. The van der Waals surface area contributed by atoms with Crippen LogP contribution in [0.5, 0.6) is 5.75 Å². The molecule has 2 amide bonds. The molecule has 3 aromatic rings. The van der Waals surface area contributed by atoms with Crippen LogP contribution in [-0.4, -0.2) is 91.7 Å². The number of carbonyl (C=O) groups is 2. The van der Waals surface area contributed by atoms with Gasteiger partial charge < -0.3 is 29.3 Å². The predicted octanol–water partition coefficient (Wildman–Crippen LogP) is 1.85. The molecule has 2 aromatic carbocycles. The number of morpholine rings is 2. The van der Waals surface area contributed by atoms with Crippen molar-refractivity contribution in [1.29, 1.82) is 0 Å². The van der Waals surface area contributed by atoms with Crippen LogP contribution in [0.25, 0.3) is 10.9 Å². The predicted molar refractivity (Wildman–Crippen MR) is 127 cm³/mol. The molecule has 5 rings (SSSR count). The van der Waals surface area contributed by atoms with Crippen molar-refractivity contribution < 1.29 is 24.2 Å². The molecule has 0 spiro atoms. The van der Waals surface area contributed by atoms with E-state index in [1.807, 2.05) is 24.3 Å². The number of nitrogens with one attached hydrogen (secondary N) is 1. The Bertz CT molecular complexity index is 1200. The van der Waals surface area contributed by atoms with E-state index in [9.17, 15) is 14.7 Å². The molecule has 34 heavy (non-hydrogen) atoms. The minimum absolute atomic E-state index is 0.102. The number of carbonyl (C=O) groups excluding carboxylic acids is 2. The maximum atomic E-state index is 13.3. The third kappa shape index (κ3) is 4.17. The number of hydrogen-bond acceptors (Lipinski definition) is 7. The van der Waals surface area contributed by atoms with Crippen molar-refractivity contribution in [1.82, 2.24) is 15.1 Å². The number of fused-ring (bicyclic) bond motifs is 1. The molecule has 0 aliphatic carbocycles. The summed E-state index contributed by atoms with van der Waals surface area (Å²) in [6.45, 7) is 5.00. The van der Waals surface area contributed by atoms with E-state index in [4.69, 9.17) is 9.47 Å². The zero-order valence-corrected chi connectivity index (χ0v) is 19.0. The molecule has 0 radical (unpaired) electrons. The van der Waals surface area contributed by atoms with E-state index in [2.05, 4.69) is 15.1 Å². The third-order valence-electron chi connectivity index (χ3n) is 6.33. The quantitative estimate of drug-likeness (QED) is 0.605. The van der Waals surface area contributed by atoms with Crippen LogP contribution in [0.2, 0.25) is 0 Å². The Hall–Kier alpha value is -3.63. The van der Waals surface area contributed by atoms with Gasteiger partial charge in [-0.25, -0.2) is 0 Å². The molecule has 0 saturated carbocycles. The minimum atomic E-state index is -0.385. The lowest BCUT2D eigenvalue weighted by Gasteiger charge is -2.29. The van der Waals surface area contributed by atoms with Crippen LogP contribution < -0.4 is 9.80 Å². The molecule has 0 atom stereocenters. The Labute approximate surface area is 196 Å². The first-order valence-corrected chi connectivity index (χ1v) is 11.3. The summed E-state index contributed by atoms with van der Waals surface area (Å²) in [4.78, 5) is 31.7. The van der Waals surface area contributed by atoms with E-state index < -0.39 is 0 Å². The number of amides is 2. The first-order chi connectivity index (χ1) is 16.5. The van der Waals surface area contributed by atoms with Crippen LogP contribution in [-0.2, 0) is 9.47 Å². The van der Waals surface area contributed by atoms with Crippen LogP contribution in [0, 0.1) is 0 Å². The molecule has 1 aromatic heterocycles. The second-order valence-electron chi connectivity index (χ2n) is 8.37. The number of hydrogen-bond donors (Lipinski definition) is 2. The fourth-order valence-corrected chi connectivity index (χ4v) is 4.31. The van der Waals surface area contributed by atoms with E-state index in [0.29, 0.717) is 56.1 Å². The van der Waals surface area contributed by atoms with Crippen molar-refractivity contribution in [3.8, 4) is 5.75 Å². The number of phenols is 1. The Balaban J connectivity index is 1.39. The molecule has 2 aliphatic rings. The smallest absolute Gasteiger partial charge is 0.275 e. The molecule has 2 fully saturated rings. The van der Waals surface area contributed by atoms with Crippen LogP contribution in [0.15, 0.2) is 36.4 Å². The lowest BCUT2D eigenvalue weighted by molar-refractivity contribution is 0.0300. The Kier molecular flexibility index (Phi) is 6.08. The maximum absolute atomic E-state index is 13.3. The number of benzene rings is 2. The molecule has 0 unspecified atom stereocenters. The van der Waals surface area contributed by atoms with Gasteiger partial charge in [0.15, 0.2) is 5.69 Å². The number of phenolic OH excluding ortho intramolecular Hbond substituents is 1. The maximum Gasteiger partial charge on any atom is 0.275 e. The molecule has 2 saturated heterocycles. The highest BCUT2D eigenvalue weighted by Crippen LogP contribution is 2.29. The molecule has 3 heterocycles. The molecule has 10 heteroatoms. The van der Waals surface area contributed by atoms with Gasteiger partial charge in [-0.15, -0.1) is 0 Å². The molecular formula is C24H27N5O5. The fourth-order valence-electron chi connectivity index (χ4n) is 4.31. The molecule has 178 valence electrons. The normalized spacial score (nSPS) is 16.6. The molecule has 0 bridgehead atoms.